The molecule has 12 N–H and O–H groups in total. The van der Waals surface area contributed by atoms with Gasteiger partial charge in [0.1, 0.15) is 49.2 Å². The SMILES string of the molecule is N[C@@H](C=O)[C@@H](O)[C@@H](O)[C@H](O)CO.N[C@@H](C=O)[C@@H](O)[C@H](O)[C@H](O)CO. The van der Waals surface area contributed by atoms with Crippen LogP contribution in [0.2, 0.25) is 0 Å². The van der Waals surface area contributed by atoms with Gasteiger partial charge in [0.05, 0.1) is 25.3 Å². The van der Waals surface area contributed by atoms with Crippen molar-refractivity contribution in [1.82, 2.24) is 0 Å². The van der Waals surface area contributed by atoms with Gasteiger partial charge in [-0.05, 0) is 0 Å². The van der Waals surface area contributed by atoms with E-state index >= 15 is 0 Å². The Hall–Kier alpha value is -1.06. The van der Waals surface area contributed by atoms with Crippen molar-refractivity contribution in [3.63, 3.8) is 0 Å². The van der Waals surface area contributed by atoms with Gasteiger partial charge in [-0.1, -0.05) is 0 Å². The molecule has 0 aromatic carbocycles. The van der Waals surface area contributed by atoms with Gasteiger partial charge >= 0.3 is 0 Å². The van der Waals surface area contributed by atoms with Crippen molar-refractivity contribution in [3.8, 4) is 0 Å². The van der Waals surface area contributed by atoms with E-state index in [1.165, 1.54) is 0 Å². The van der Waals surface area contributed by atoms with Crippen molar-refractivity contribution in [1.29, 1.82) is 0 Å². The summed E-state index contributed by atoms with van der Waals surface area (Å²) in [7, 11) is 0. The van der Waals surface area contributed by atoms with E-state index in [4.69, 9.17) is 52.3 Å². The second kappa shape index (κ2) is 13.3. The maximum Gasteiger partial charge on any atom is 0.139 e. The van der Waals surface area contributed by atoms with Gasteiger partial charge in [-0.3, -0.25) is 0 Å². The number of carbonyl (C=O) groups excluding carboxylic acids is 2. The molecule has 0 amide bonds. The molecule has 0 saturated heterocycles. The van der Waals surface area contributed by atoms with E-state index in [2.05, 4.69) is 0 Å². The minimum absolute atomic E-state index is 0.248. The van der Waals surface area contributed by atoms with Gasteiger partial charge in [-0.25, -0.2) is 0 Å². The summed E-state index contributed by atoms with van der Waals surface area (Å²) in [5, 5.41) is 70.3. The topological polar surface area (TPSA) is 248 Å². The molecular weight excluding hydrogens is 332 g/mol. The summed E-state index contributed by atoms with van der Waals surface area (Å²) >= 11 is 0. The van der Waals surface area contributed by atoms with Crippen LogP contribution in [-0.2, 0) is 9.59 Å². The Labute approximate surface area is 137 Å². The normalized spacial score (nSPS) is 21.1. The van der Waals surface area contributed by atoms with E-state index in [-0.39, 0.29) is 12.6 Å². The van der Waals surface area contributed by atoms with Crippen LogP contribution in [0.5, 0.6) is 0 Å². The van der Waals surface area contributed by atoms with E-state index < -0.39 is 61.9 Å². The molecule has 0 aromatic rings. The number of hydrogen-bond acceptors (Lipinski definition) is 12. The van der Waals surface area contributed by atoms with E-state index in [1.54, 1.807) is 0 Å². The highest BCUT2D eigenvalue weighted by Crippen LogP contribution is 2.02. The van der Waals surface area contributed by atoms with Crippen molar-refractivity contribution in [2.24, 2.45) is 11.5 Å². The third-order valence-electron chi connectivity index (χ3n) is 2.97. The zero-order chi connectivity index (χ0) is 19.4. The number of aliphatic hydroxyl groups is 8. The molecule has 0 radical (unpaired) electrons. The first-order valence-corrected chi connectivity index (χ1v) is 6.80. The van der Waals surface area contributed by atoms with Gasteiger partial charge < -0.3 is 61.9 Å². The molecule has 144 valence electrons. The molecule has 0 saturated carbocycles. The number of nitrogens with two attached hydrogens (primary N) is 2. The Bertz CT molecular complexity index is 316. The van der Waals surface area contributed by atoms with Crippen LogP contribution in [-0.4, -0.2) is 115 Å². The molecule has 12 nitrogen and oxygen atoms in total. The Kier molecular flexibility index (Phi) is 13.9. The minimum Gasteiger partial charge on any atom is -0.394 e. The molecule has 24 heavy (non-hydrogen) atoms. The molecule has 0 fully saturated rings. The standard InChI is InChI=1S/2C6H13NO5/c2*7-3(1-8)5(11)6(12)4(10)2-9/h2*1,3-6,9-12H,2,7H2/t3-,4+,5+,6+;3-,4+,5+,6-/m00/s1. The van der Waals surface area contributed by atoms with Crippen LogP contribution in [0.25, 0.3) is 0 Å². The summed E-state index contributed by atoms with van der Waals surface area (Å²) < 4.78 is 0. The minimum atomic E-state index is -1.62. The van der Waals surface area contributed by atoms with Crippen molar-refractivity contribution in [3.05, 3.63) is 0 Å². The maximum atomic E-state index is 10.0. The molecule has 0 heterocycles. The summed E-state index contributed by atoms with van der Waals surface area (Å²) in [6.07, 6.45) is -8.85. The fourth-order valence-electron chi connectivity index (χ4n) is 1.29. The zero-order valence-corrected chi connectivity index (χ0v) is 12.7. The van der Waals surface area contributed by atoms with E-state index in [9.17, 15) is 9.59 Å². The van der Waals surface area contributed by atoms with Crippen molar-refractivity contribution in [2.75, 3.05) is 13.2 Å². The van der Waals surface area contributed by atoms with E-state index in [0.29, 0.717) is 0 Å². The molecule has 8 atom stereocenters. The smallest absolute Gasteiger partial charge is 0.139 e. The summed E-state index contributed by atoms with van der Waals surface area (Å²) in [6, 6.07) is -2.53. The number of rotatable bonds is 10. The highest BCUT2D eigenvalue weighted by Gasteiger charge is 2.29. The van der Waals surface area contributed by atoms with Crippen LogP contribution in [0.3, 0.4) is 0 Å². The lowest BCUT2D eigenvalue weighted by atomic mass is 10.0. The first-order chi connectivity index (χ1) is 11.1. The molecule has 0 aliphatic heterocycles. The van der Waals surface area contributed by atoms with Gasteiger partial charge in [0.2, 0.25) is 0 Å². The van der Waals surface area contributed by atoms with Gasteiger partial charge in [-0.2, -0.15) is 0 Å². The van der Waals surface area contributed by atoms with Crippen LogP contribution in [0.15, 0.2) is 0 Å². The van der Waals surface area contributed by atoms with Crippen molar-refractivity contribution < 1.29 is 50.4 Å². The highest BCUT2D eigenvalue weighted by molar-refractivity contribution is 5.58. The summed E-state index contributed by atoms with van der Waals surface area (Å²) in [5.41, 5.74) is 10.1. The van der Waals surface area contributed by atoms with Crippen molar-refractivity contribution >= 4 is 12.6 Å². The fourth-order valence-corrected chi connectivity index (χ4v) is 1.29. The van der Waals surface area contributed by atoms with Crippen LogP contribution in [0, 0.1) is 0 Å². The largest absolute Gasteiger partial charge is 0.394 e. The fraction of sp³-hybridized carbons (Fsp3) is 0.833. The van der Waals surface area contributed by atoms with E-state index in [1.807, 2.05) is 0 Å². The highest BCUT2D eigenvalue weighted by atomic mass is 16.4. The monoisotopic (exact) mass is 358 g/mol. The summed E-state index contributed by atoms with van der Waals surface area (Å²) in [5.74, 6) is 0. The molecule has 0 rings (SSSR count). The van der Waals surface area contributed by atoms with Gasteiger partial charge in [0, 0.05) is 0 Å². The molecular formula is C12H26N2O10. The van der Waals surface area contributed by atoms with Crippen molar-refractivity contribution in [2.45, 2.75) is 48.7 Å². The quantitative estimate of drug-likeness (QED) is 0.164. The first kappa shape index (κ1) is 25.2. The second-order valence-corrected chi connectivity index (χ2v) is 4.89. The third-order valence-corrected chi connectivity index (χ3v) is 2.97. The molecule has 0 aliphatic carbocycles. The lowest BCUT2D eigenvalue weighted by molar-refractivity contribution is -0.118. The second-order valence-electron chi connectivity index (χ2n) is 4.89. The maximum absolute atomic E-state index is 10.0. The summed E-state index contributed by atoms with van der Waals surface area (Å²) in [4.78, 5) is 20.0. The first-order valence-electron chi connectivity index (χ1n) is 6.80. The van der Waals surface area contributed by atoms with Crippen LogP contribution < -0.4 is 11.5 Å². The Morgan fingerprint density at radius 3 is 1.04 bits per heavy atom. The van der Waals surface area contributed by atoms with E-state index in [0.717, 1.165) is 0 Å². The average molecular weight is 358 g/mol. The lowest BCUT2D eigenvalue weighted by Crippen LogP contribution is -2.49. The van der Waals surface area contributed by atoms with Crippen LogP contribution in [0.4, 0.5) is 0 Å². The average Bonchev–Trinajstić information content (AvgIpc) is 2.62. The van der Waals surface area contributed by atoms with Gasteiger partial charge in [-0.15, -0.1) is 0 Å². The molecule has 0 spiro atoms. The third kappa shape index (κ3) is 8.70. The van der Waals surface area contributed by atoms with Gasteiger partial charge in [0.25, 0.3) is 0 Å². The molecule has 0 unspecified atom stereocenters. The molecule has 0 bridgehead atoms. The molecule has 12 heteroatoms. The van der Waals surface area contributed by atoms with Crippen LogP contribution >= 0.6 is 0 Å². The number of aliphatic hydroxyl groups excluding tert-OH is 8. The number of carbonyl (C=O) groups is 2. The Balaban J connectivity index is 0. The van der Waals surface area contributed by atoms with Crippen LogP contribution in [0.1, 0.15) is 0 Å². The number of aldehydes is 2. The molecule has 0 aromatic heterocycles. The lowest BCUT2D eigenvalue weighted by Gasteiger charge is -2.23. The Morgan fingerprint density at radius 2 is 0.875 bits per heavy atom. The predicted molar refractivity (Wildman–Crippen MR) is 78.3 cm³/mol. The zero-order valence-electron chi connectivity index (χ0n) is 12.7. The Morgan fingerprint density at radius 1 is 0.625 bits per heavy atom. The number of hydrogen-bond donors (Lipinski definition) is 10. The summed E-state index contributed by atoms with van der Waals surface area (Å²) in [6.45, 7) is -1.41. The molecule has 0 aliphatic rings. The van der Waals surface area contributed by atoms with Gasteiger partial charge in [0.15, 0.2) is 0 Å². The predicted octanol–water partition coefficient (Wildman–Crippen LogP) is -6.82.